The smallest absolute Gasteiger partial charge is 0.0574 e. The fourth-order valence-electron chi connectivity index (χ4n) is 1.14. The normalized spacial score (nSPS) is 36.2. The maximum atomic E-state index is 3.49. The molecule has 0 aromatic carbocycles. The fourth-order valence-corrected chi connectivity index (χ4v) is 1.47. The van der Waals surface area contributed by atoms with Crippen LogP contribution in [-0.4, -0.2) is 9.46 Å². The molecular weight excluding hydrogens is 261 g/mol. The molecule has 68 valence electrons. The Morgan fingerprint density at radius 3 is 2.67 bits per heavy atom. The van der Waals surface area contributed by atoms with Crippen molar-refractivity contribution in [1.82, 2.24) is 5.32 Å². The van der Waals surface area contributed by atoms with Crippen LogP contribution in [0.15, 0.2) is 23.4 Å². The van der Waals surface area contributed by atoms with Crippen molar-refractivity contribution in [2.45, 2.75) is 37.2 Å². The Balaban J connectivity index is 2.95. The molecule has 12 heavy (non-hydrogen) atoms. The van der Waals surface area contributed by atoms with E-state index in [9.17, 15) is 0 Å². The first-order valence-electron chi connectivity index (χ1n) is 4.25. The van der Waals surface area contributed by atoms with Crippen LogP contribution in [0.3, 0.4) is 0 Å². The lowest BCUT2D eigenvalue weighted by atomic mass is 10.0. The van der Waals surface area contributed by atoms with Crippen molar-refractivity contribution in [3.05, 3.63) is 23.4 Å². The maximum absolute atomic E-state index is 3.49. The Labute approximate surface area is 88.5 Å². The highest BCUT2D eigenvalue weighted by Crippen LogP contribution is 2.28. The first kappa shape index (κ1) is 10.1. The lowest BCUT2D eigenvalue weighted by molar-refractivity contribution is 0.558. The van der Waals surface area contributed by atoms with Gasteiger partial charge in [-0.3, -0.25) is 0 Å². The molecule has 2 unspecified atom stereocenters. The van der Waals surface area contributed by atoms with Crippen LogP contribution in [0.25, 0.3) is 0 Å². The Hall–Kier alpha value is 0.01000. The van der Waals surface area contributed by atoms with Crippen LogP contribution in [0.1, 0.15) is 27.7 Å². The zero-order chi connectivity index (χ0) is 9.35. The summed E-state index contributed by atoms with van der Waals surface area (Å²) in [5, 5.41) is 3.49. The highest BCUT2D eigenvalue weighted by atomic mass is 127. The van der Waals surface area contributed by atoms with Gasteiger partial charge in [-0.1, -0.05) is 34.7 Å². The second kappa shape index (κ2) is 3.40. The topological polar surface area (TPSA) is 12.0 Å². The minimum Gasteiger partial charge on any atom is -0.384 e. The van der Waals surface area contributed by atoms with E-state index in [2.05, 4.69) is 67.8 Å². The molecule has 2 heteroatoms. The highest BCUT2D eigenvalue weighted by Gasteiger charge is 2.26. The average molecular weight is 277 g/mol. The van der Waals surface area contributed by atoms with Crippen molar-refractivity contribution in [1.29, 1.82) is 0 Å². The van der Waals surface area contributed by atoms with Gasteiger partial charge in [0.25, 0.3) is 0 Å². The first-order valence-corrected chi connectivity index (χ1v) is 5.33. The van der Waals surface area contributed by atoms with E-state index < -0.39 is 0 Å². The third-order valence-corrected chi connectivity index (χ3v) is 3.82. The molecule has 0 saturated heterocycles. The molecule has 0 aromatic heterocycles. The van der Waals surface area contributed by atoms with Crippen LogP contribution < -0.4 is 5.32 Å². The van der Waals surface area contributed by atoms with Crippen LogP contribution in [0, 0.1) is 0 Å². The Morgan fingerprint density at radius 1 is 1.50 bits per heavy atom. The van der Waals surface area contributed by atoms with E-state index in [4.69, 9.17) is 0 Å². The van der Waals surface area contributed by atoms with Crippen LogP contribution in [0.2, 0.25) is 0 Å². The summed E-state index contributed by atoms with van der Waals surface area (Å²) in [5.41, 5.74) is 2.63. The molecular formula is C10H16IN. The molecule has 1 N–H and O–H groups in total. The summed E-state index contributed by atoms with van der Waals surface area (Å²) in [6.45, 7) is 8.74. The summed E-state index contributed by atoms with van der Waals surface area (Å²) in [5.74, 6) is 0. The molecule has 0 saturated carbocycles. The third-order valence-electron chi connectivity index (χ3n) is 2.53. The largest absolute Gasteiger partial charge is 0.384 e. The molecule has 2 atom stereocenters. The number of hydrogen-bond donors (Lipinski definition) is 1. The van der Waals surface area contributed by atoms with Crippen molar-refractivity contribution in [2.24, 2.45) is 0 Å². The second-order valence-electron chi connectivity index (χ2n) is 3.66. The van der Waals surface area contributed by atoms with Crippen molar-refractivity contribution in [2.75, 3.05) is 0 Å². The predicted molar refractivity (Wildman–Crippen MR) is 62.5 cm³/mol. The number of hydrogen-bond acceptors (Lipinski definition) is 1. The molecule has 1 heterocycles. The minimum absolute atomic E-state index is 0.219. The summed E-state index contributed by atoms with van der Waals surface area (Å²) < 4.78 is 0.219. The summed E-state index contributed by atoms with van der Waals surface area (Å²) >= 11 is 2.49. The molecule has 1 rings (SSSR count). The number of nitrogens with one attached hydrogen (secondary N) is 1. The number of allylic oxidation sites excluding steroid dienone is 3. The highest BCUT2D eigenvalue weighted by molar-refractivity contribution is 14.1. The quantitative estimate of drug-likeness (QED) is 0.530. The van der Waals surface area contributed by atoms with Crippen molar-refractivity contribution >= 4 is 22.6 Å². The van der Waals surface area contributed by atoms with Crippen LogP contribution in [0.4, 0.5) is 0 Å². The number of alkyl halides is 1. The molecule has 1 nitrogen and oxygen atoms in total. The van der Waals surface area contributed by atoms with Crippen LogP contribution in [-0.2, 0) is 0 Å². The molecule has 1 aliphatic rings. The Bertz CT molecular complexity index is 238. The van der Waals surface area contributed by atoms with Crippen molar-refractivity contribution in [3.8, 4) is 0 Å². The molecule has 0 aromatic rings. The van der Waals surface area contributed by atoms with Gasteiger partial charge in [-0.05, 0) is 33.3 Å². The van der Waals surface area contributed by atoms with Gasteiger partial charge in [-0.15, -0.1) is 0 Å². The first-order chi connectivity index (χ1) is 5.43. The van der Waals surface area contributed by atoms with Gasteiger partial charge < -0.3 is 5.32 Å². The molecule has 0 bridgehead atoms. The molecule has 0 amide bonds. The lowest BCUT2D eigenvalue weighted by Crippen LogP contribution is -2.39. The fraction of sp³-hybridized carbons (Fsp3) is 0.600. The SMILES string of the molecule is CC1=C(C)NC(C)C(C)(I)C=C1. The van der Waals surface area contributed by atoms with E-state index in [0.29, 0.717) is 6.04 Å². The zero-order valence-corrected chi connectivity index (χ0v) is 10.3. The standard InChI is InChI=1S/C10H16IN/c1-7-5-6-10(4,11)9(3)12-8(7)2/h5-6,9,12H,1-4H3. The zero-order valence-electron chi connectivity index (χ0n) is 8.11. The Morgan fingerprint density at radius 2 is 2.08 bits per heavy atom. The van der Waals surface area contributed by atoms with Gasteiger partial charge >= 0.3 is 0 Å². The van der Waals surface area contributed by atoms with E-state index in [1.165, 1.54) is 11.3 Å². The van der Waals surface area contributed by atoms with E-state index >= 15 is 0 Å². The van der Waals surface area contributed by atoms with Gasteiger partial charge in [-0.2, -0.15) is 0 Å². The van der Waals surface area contributed by atoms with Gasteiger partial charge in [0.2, 0.25) is 0 Å². The number of halogens is 1. The molecule has 0 spiro atoms. The van der Waals surface area contributed by atoms with E-state index in [1.807, 2.05) is 0 Å². The van der Waals surface area contributed by atoms with E-state index in [-0.39, 0.29) is 3.42 Å². The van der Waals surface area contributed by atoms with E-state index in [1.54, 1.807) is 0 Å². The second-order valence-corrected chi connectivity index (χ2v) is 5.98. The minimum atomic E-state index is 0.219. The summed E-state index contributed by atoms with van der Waals surface area (Å²) in [6.07, 6.45) is 4.48. The van der Waals surface area contributed by atoms with Gasteiger partial charge in [0, 0.05) is 11.7 Å². The Kier molecular flexibility index (Phi) is 2.86. The number of rotatable bonds is 0. The molecule has 0 radical (unpaired) electrons. The van der Waals surface area contributed by atoms with Gasteiger partial charge in [-0.25, -0.2) is 0 Å². The molecule has 0 fully saturated rings. The third kappa shape index (κ3) is 2.03. The van der Waals surface area contributed by atoms with Crippen LogP contribution >= 0.6 is 22.6 Å². The summed E-state index contributed by atoms with van der Waals surface area (Å²) in [4.78, 5) is 0. The summed E-state index contributed by atoms with van der Waals surface area (Å²) in [6, 6.07) is 0.492. The van der Waals surface area contributed by atoms with Crippen LogP contribution in [0.5, 0.6) is 0 Å². The monoisotopic (exact) mass is 277 g/mol. The lowest BCUT2D eigenvalue weighted by Gasteiger charge is -2.27. The van der Waals surface area contributed by atoms with Crippen molar-refractivity contribution in [3.63, 3.8) is 0 Å². The predicted octanol–water partition coefficient (Wildman–Crippen LogP) is 3.02. The average Bonchev–Trinajstić information content (AvgIpc) is 2.05. The molecule has 1 aliphatic heterocycles. The van der Waals surface area contributed by atoms with E-state index in [0.717, 1.165) is 0 Å². The van der Waals surface area contributed by atoms with Gasteiger partial charge in [0.05, 0.1) is 3.42 Å². The summed E-state index contributed by atoms with van der Waals surface area (Å²) in [7, 11) is 0. The van der Waals surface area contributed by atoms with Crippen molar-refractivity contribution < 1.29 is 0 Å². The maximum Gasteiger partial charge on any atom is 0.0574 e. The van der Waals surface area contributed by atoms with Gasteiger partial charge in [0.15, 0.2) is 0 Å². The molecule has 0 aliphatic carbocycles. The van der Waals surface area contributed by atoms with Gasteiger partial charge in [0.1, 0.15) is 0 Å².